The molecule has 0 radical (unpaired) electrons. The lowest BCUT2D eigenvalue weighted by Crippen LogP contribution is -1.77. The minimum absolute atomic E-state index is 0.737. The van der Waals surface area contributed by atoms with Gasteiger partial charge in [0.25, 0.3) is 0 Å². The van der Waals surface area contributed by atoms with E-state index in [1.165, 1.54) is 0 Å². The van der Waals surface area contributed by atoms with Gasteiger partial charge in [-0.25, -0.2) is 4.98 Å². The molecule has 2 aromatic rings. The maximum absolute atomic E-state index is 4.03. The largest absolute Gasteiger partial charge is 0.332 e. The van der Waals surface area contributed by atoms with Crippen molar-refractivity contribution in [3.05, 3.63) is 35.5 Å². The third kappa shape index (κ3) is 1.38. The summed E-state index contributed by atoms with van der Waals surface area (Å²) < 4.78 is 0.737. The molecule has 3 nitrogen and oxygen atoms in total. The van der Waals surface area contributed by atoms with Crippen molar-refractivity contribution < 1.29 is 0 Å². The second kappa shape index (κ2) is 3.06. The van der Waals surface area contributed by atoms with Crippen LogP contribution in [-0.4, -0.2) is 15.0 Å². The molecule has 4 heteroatoms. The van der Waals surface area contributed by atoms with Crippen LogP contribution in [0.25, 0.3) is 11.3 Å². The molecule has 0 unspecified atom stereocenters. The molecule has 0 amide bonds. The summed E-state index contributed by atoms with van der Waals surface area (Å²) in [4.78, 5) is 11.1. The number of pyridine rings is 1. The summed E-state index contributed by atoms with van der Waals surface area (Å²) in [5.41, 5.74) is 2.01. The van der Waals surface area contributed by atoms with Crippen molar-refractivity contribution in [1.82, 2.24) is 15.0 Å². The van der Waals surface area contributed by atoms with Crippen molar-refractivity contribution in [3.63, 3.8) is 0 Å². The second-order valence-corrected chi connectivity index (χ2v) is 3.08. The number of hydrogen-bond acceptors (Lipinski definition) is 2. The Morgan fingerprint density at radius 2 is 2.25 bits per heavy atom. The Balaban J connectivity index is 2.45. The zero-order valence-corrected chi connectivity index (χ0v) is 7.75. The van der Waals surface area contributed by atoms with Crippen LogP contribution in [0.3, 0.4) is 0 Å². The number of imidazole rings is 1. The summed E-state index contributed by atoms with van der Waals surface area (Å²) in [6.07, 6.45) is 5.30. The van der Waals surface area contributed by atoms with Gasteiger partial charge >= 0.3 is 0 Å². The van der Waals surface area contributed by atoms with Gasteiger partial charge in [-0.1, -0.05) is 0 Å². The van der Waals surface area contributed by atoms with Gasteiger partial charge in [-0.2, -0.15) is 0 Å². The molecule has 1 N–H and O–H groups in total. The van der Waals surface area contributed by atoms with Crippen LogP contribution in [0.2, 0.25) is 0 Å². The van der Waals surface area contributed by atoms with E-state index in [0.29, 0.717) is 0 Å². The fourth-order valence-electron chi connectivity index (χ4n) is 0.966. The molecular formula is C8H6BrN3. The first-order chi connectivity index (χ1) is 5.86. The van der Waals surface area contributed by atoms with Crippen molar-refractivity contribution in [3.8, 4) is 11.3 Å². The number of aromatic nitrogens is 3. The van der Waals surface area contributed by atoms with E-state index >= 15 is 0 Å². The predicted octanol–water partition coefficient (Wildman–Crippen LogP) is 2.23. The third-order valence-corrected chi connectivity index (χ3v) is 1.92. The highest BCUT2D eigenvalue weighted by atomic mass is 79.9. The molecular weight excluding hydrogens is 218 g/mol. The van der Waals surface area contributed by atoms with Gasteiger partial charge in [0.1, 0.15) is 0 Å². The normalized spacial score (nSPS) is 10.1. The first-order valence-corrected chi connectivity index (χ1v) is 4.26. The van der Waals surface area contributed by atoms with Crippen molar-refractivity contribution in [2.75, 3.05) is 0 Å². The van der Waals surface area contributed by atoms with Gasteiger partial charge in [0.15, 0.2) is 4.73 Å². The Labute approximate surface area is 78.0 Å². The van der Waals surface area contributed by atoms with Gasteiger partial charge in [0.05, 0.1) is 11.9 Å². The number of hydrogen-bond donors (Lipinski definition) is 1. The molecule has 2 rings (SSSR count). The molecule has 2 heterocycles. The minimum Gasteiger partial charge on any atom is -0.332 e. The summed E-state index contributed by atoms with van der Waals surface area (Å²) in [5.74, 6) is 0. The number of nitrogens with one attached hydrogen (secondary N) is 1. The van der Waals surface area contributed by atoms with Crippen LogP contribution in [0, 0.1) is 0 Å². The molecule has 0 atom stereocenters. The van der Waals surface area contributed by atoms with E-state index in [-0.39, 0.29) is 0 Å². The van der Waals surface area contributed by atoms with E-state index in [2.05, 4.69) is 30.9 Å². The molecule has 12 heavy (non-hydrogen) atoms. The molecule has 0 saturated carbocycles. The molecule has 0 aliphatic rings. The molecule has 0 aliphatic heterocycles. The van der Waals surface area contributed by atoms with E-state index in [9.17, 15) is 0 Å². The first kappa shape index (κ1) is 7.49. The zero-order valence-electron chi connectivity index (χ0n) is 6.16. The molecule has 0 aromatic carbocycles. The van der Waals surface area contributed by atoms with E-state index in [1.807, 2.05) is 12.1 Å². The quantitative estimate of drug-likeness (QED) is 0.806. The fraction of sp³-hybridized carbons (Fsp3) is 0. The van der Waals surface area contributed by atoms with Gasteiger partial charge < -0.3 is 4.98 Å². The average Bonchev–Trinajstić information content (AvgIpc) is 2.54. The third-order valence-electron chi connectivity index (χ3n) is 1.52. The lowest BCUT2D eigenvalue weighted by Gasteiger charge is -1.92. The summed E-state index contributed by atoms with van der Waals surface area (Å²) in [5, 5.41) is 0. The molecule has 2 aromatic heterocycles. The number of rotatable bonds is 1. The van der Waals surface area contributed by atoms with Gasteiger partial charge in [0, 0.05) is 18.0 Å². The molecule has 0 fully saturated rings. The summed E-state index contributed by atoms with van der Waals surface area (Å²) in [6.45, 7) is 0. The van der Waals surface area contributed by atoms with E-state index < -0.39 is 0 Å². The smallest absolute Gasteiger partial charge is 0.174 e. The van der Waals surface area contributed by atoms with Crippen molar-refractivity contribution in [1.29, 1.82) is 0 Å². The van der Waals surface area contributed by atoms with Crippen LogP contribution in [0.15, 0.2) is 35.5 Å². The van der Waals surface area contributed by atoms with Gasteiger partial charge in [-0.05, 0) is 28.1 Å². The summed E-state index contributed by atoms with van der Waals surface area (Å²) >= 11 is 3.24. The van der Waals surface area contributed by atoms with Gasteiger partial charge in [0.2, 0.25) is 0 Å². The summed E-state index contributed by atoms with van der Waals surface area (Å²) in [7, 11) is 0. The van der Waals surface area contributed by atoms with Crippen LogP contribution in [-0.2, 0) is 0 Å². The molecule has 0 bridgehead atoms. The van der Waals surface area contributed by atoms with E-state index in [4.69, 9.17) is 0 Å². The van der Waals surface area contributed by atoms with Crippen molar-refractivity contribution in [2.24, 2.45) is 0 Å². The monoisotopic (exact) mass is 223 g/mol. The minimum atomic E-state index is 0.737. The lowest BCUT2D eigenvalue weighted by molar-refractivity contribution is 1.23. The highest BCUT2D eigenvalue weighted by molar-refractivity contribution is 9.10. The van der Waals surface area contributed by atoms with Crippen LogP contribution in [0.1, 0.15) is 0 Å². The van der Waals surface area contributed by atoms with E-state index in [1.54, 1.807) is 18.6 Å². The van der Waals surface area contributed by atoms with Gasteiger partial charge in [-0.15, -0.1) is 0 Å². The van der Waals surface area contributed by atoms with E-state index in [0.717, 1.165) is 16.0 Å². The van der Waals surface area contributed by atoms with Crippen molar-refractivity contribution in [2.45, 2.75) is 0 Å². The number of H-pyrrole nitrogens is 1. The molecule has 0 saturated heterocycles. The number of nitrogens with zero attached hydrogens (tertiary/aromatic N) is 2. The maximum atomic E-state index is 4.03. The van der Waals surface area contributed by atoms with Crippen molar-refractivity contribution >= 4 is 15.9 Å². The first-order valence-electron chi connectivity index (χ1n) is 3.47. The molecule has 60 valence electrons. The Hall–Kier alpha value is -1.16. The van der Waals surface area contributed by atoms with Crippen LogP contribution >= 0.6 is 15.9 Å². The zero-order chi connectivity index (χ0) is 8.39. The van der Waals surface area contributed by atoms with Crippen LogP contribution in [0.5, 0.6) is 0 Å². The summed E-state index contributed by atoms with van der Waals surface area (Å²) in [6, 6.07) is 3.87. The Bertz CT molecular complexity index is 369. The Kier molecular flexibility index (Phi) is 1.91. The maximum Gasteiger partial charge on any atom is 0.174 e. The predicted molar refractivity (Wildman–Crippen MR) is 49.5 cm³/mol. The SMILES string of the molecule is Brc1ncc(-c2cccnc2)[nH]1. The topological polar surface area (TPSA) is 41.6 Å². The second-order valence-electron chi connectivity index (χ2n) is 2.33. The fourth-order valence-corrected chi connectivity index (χ4v) is 1.28. The average molecular weight is 224 g/mol. The van der Waals surface area contributed by atoms with Crippen LogP contribution < -0.4 is 0 Å². The van der Waals surface area contributed by atoms with Gasteiger partial charge in [-0.3, -0.25) is 4.98 Å². The Morgan fingerprint density at radius 3 is 2.83 bits per heavy atom. The highest BCUT2D eigenvalue weighted by Gasteiger charge is 1.99. The standard InChI is InChI=1S/C8H6BrN3/c9-8-11-5-7(12-8)6-2-1-3-10-4-6/h1-5H,(H,11,12). The number of aromatic amines is 1. The lowest BCUT2D eigenvalue weighted by atomic mass is 10.2. The highest BCUT2D eigenvalue weighted by Crippen LogP contribution is 2.16. The Morgan fingerprint density at radius 1 is 1.33 bits per heavy atom. The number of halogens is 1. The van der Waals surface area contributed by atoms with Crippen LogP contribution in [0.4, 0.5) is 0 Å². The molecule has 0 spiro atoms. The molecule has 0 aliphatic carbocycles.